The number of nitriles is 1. The van der Waals surface area contributed by atoms with E-state index >= 15 is 0 Å². The molecule has 0 unspecified atom stereocenters. The third-order valence-electron chi connectivity index (χ3n) is 6.15. The number of piperidine rings is 1. The number of nitrogens with zero attached hydrogens (tertiary/aromatic N) is 2. The highest BCUT2D eigenvalue weighted by Gasteiger charge is 2.26. The summed E-state index contributed by atoms with van der Waals surface area (Å²) in [5, 5.41) is 8.96. The Balaban J connectivity index is 1.47. The molecule has 0 aromatic heterocycles. The van der Waals surface area contributed by atoms with Crippen molar-refractivity contribution in [2.24, 2.45) is 0 Å². The zero-order valence-electron chi connectivity index (χ0n) is 18.7. The first-order chi connectivity index (χ1) is 16.3. The van der Waals surface area contributed by atoms with E-state index in [2.05, 4.69) is 10.8 Å². The highest BCUT2D eigenvalue weighted by Crippen LogP contribution is 2.30. The van der Waals surface area contributed by atoms with Crippen molar-refractivity contribution in [3.8, 4) is 6.07 Å². The van der Waals surface area contributed by atoms with Crippen LogP contribution in [0.1, 0.15) is 45.8 Å². The van der Waals surface area contributed by atoms with Gasteiger partial charge in [0, 0.05) is 18.7 Å². The van der Waals surface area contributed by atoms with Crippen molar-refractivity contribution in [1.29, 1.82) is 5.26 Å². The molecule has 1 N–H and O–H groups in total. The number of rotatable bonds is 5. The highest BCUT2D eigenvalue weighted by atomic mass is 32.2. The lowest BCUT2D eigenvalue weighted by Gasteiger charge is -2.32. The van der Waals surface area contributed by atoms with E-state index in [4.69, 9.17) is 5.26 Å². The largest absolute Gasteiger partial charge is 0.339 e. The predicted octanol–water partition coefficient (Wildman–Crippen LogP) is 4.83. The monoisotopic (exact) mass is 477 g/mol. The summed E-state index contributed by atoms with van der Waals surface area (Å²) in [6, 6.07) is 19.7. The third kappa shape index (κ3) is 4.95. The van der Waals surface area contributed by atoms with Gasteiger partial charge in [-0.05, 0) is 73.2 Å². The molecule has 4 rings (SSSR count). The molecule has 3 aromatic carbocycles. The Morgan fingerprint density at radius 3 is 2.38 bits per heavy atom. The molecule has 1 fully saturated rings. The van der Waals surface area contributed by atoms with Gasteiger partial charge >= 0.3 is 0 Å². The first-order valence-electron chi connectivity index (χ1n) is 11.0. The minimum absolute atomic E-state index is 0.176. The van der Waals surface area contributed by atoms with Gasteiger partial charge in [-0.25, -0.2) is 12.8 Å². The molecule has 0 bridgehead atoms. The lowest BCUT2D eigenvalue weighted by Crippen LogP contribution is -2.38. The van der Waals surface area contributed by atoms with Gasteiger partial charge in [-0.15, -0.1) is 0 Å². The number of hydrogen-bond acceptors (Lipinski definition) is 4. The molecule has 0 radical (unpaired) electrons. The molecule has 0 atom stereocenters. The number of hydrogen-bond donors (Lipinski definition) is 1. The van der Waals surface area contributed by atoms with Crippen LogP contribution in [-0.4, -0.2) is 32.3 Å². The van der Waals surface area contributed by atoms with Crippen molar-refractivity contribution in [2.45, 2.75) is 30.6 Å². The topological polar surface area (TPSA) is 90.3 Å². The van der Waals surface area contributed by atoms with Gasteiger partial charge in [0.05, 0.1) is 17.3 Å². The molecule has 6 nitrogen and oxygen atoms in total. The molecule has 3 aromatic rings. The molecular weight excluding hydrogens is 453 g/mol. The number of benzene rings is 3. The van der Waals surface area contributed by atoms with Crippen molar-refractivity contribution < 1.29 is 17.6 Å². The normalized spacial score (nSPS) is 14.4. The van der Waals surface area contributed by atoms with E-state index in [1.807, 2.05) is 24.3 Å². The maximum Gasteiger partial charge on any atom is 0.264 e. The number of nitrogens with one attached hydrogen (secondary N) is 1. The van der Waals surface area contributed by atoms with E-state index in [-0.39, 0.29) is 11.6 Å². The Hall–Kier alpha value is -3.70. The van der Waals surface area contributed by atoms with Gasteiger partial charge in [0.25, 0.3) is 15.9 Å². The van der Waals surface area contributed by atoms with Crippen LogP contribution in [0.4, 0.5) is 10.1 Å². The number of likely N-dealkylation sites (tertiary alicyclic amines) is 1. The van der Waals surface area contributed by atoms with Crippen LogP contribution in [0.5, 0.6) is 0 Å². The fourth-order valence-corrected chi connectivity index (χ4v) is 5.36. The number of sulfonamides is 1. The molecule has 174 valence electrons. The van der Waals surface area contributed by atoms with Crippen molar-refractivity contribution in [2.75, 3.05) is 17.8 Å². The summed E-state index contributed by atoms with van der Waals surface area (Å²) in [6.07, 6.45) is 1.60. The van der Waals surface area contributed by atoms with Crippen molar-refractivity contribution in [1.82, 2.24) is 4.90 Å². The average molecular weight is 478 g/mol. The van der Waals surface area contributed by atoms with Crippen molar-refractivity contribution in [3.05, 3.63) is 94.8 Å². The molecule has 34 heavy (non-hydrogen) atoms. The summed E-state index contributed by atoms with van der Waals surface area (Å²) in [4.78, 5) is 14.4. The third-order valence-corrected chi connectivity index (χ3v) is 7.55. The Kier molecular flexibility index (Phi) is 6.66. The maximum absolute atomic E-state index is 14.0. The van der Waals surface area contributed by atoms with Gasteiger partial charge < -0.3 is 4.90 Å². The minimum atomic E-state index is -4.15. The summed E-state index contributed by atoms with van der Waals surface area (Å²) in [5.41, 5.74) is 3.01. The molecule has 0 spiro atoms. The maximum atomic E-state index is 14.0. The lowest BCUT2D eigenvalue weighted by atomic mass is 9.89. The van der Waals surface area contributed by atoms with Crippen LogP contribution in [0.2, 0.25) is 0 Å². The summed E-state index contributed by atoms with van der Waals surface area (Å²) in [5.74, 6) is -0.701. The molecule has 1 saturated heterocycles. The standard InChI is InChI=1S/C26H24FN3O3S/c1-18-6-9-22(16-24(18)29-34(32,33)25-5-3-2-4-23(25)27)26(31)30-14-12-21(13-15-30)20-10-7-19(17-28)8-11-20/h2-11,16,21,29H,12-15H2,1H3. The average Bonchev–Trinajstić information content (AvgIpc) is 2.85. The van der Waals surface area contributed by atoms with Gasteiger partial charge in [0.1, 0.15) is 10.7 Å². The highest BCUT2D eigenvalue weighted by molar-refractivity contribution is 7.92. The first-order valence-corrected chi connectivity index (χ1v) is 12.4. The Morgan fingerprint density at radius 2 is 1.74 bits per heavy atom. The molecule has 1 aliphatic rings. The van der Waals surface area contributed by atoms with Gasteiger partial charge in [0.2, 0.25) is 0 Å². The van der Waals surface area contributed by atoms with Gasteiger partial charge in [-0.3, -0.25) is 9.52 Å². The number of anilines is 1. The van der Waals surface area contributed by atoms with Crippen LogP contribution < -0.4 is 4.72 Å². The van der Waals surface area contributed by atoms with E-state index in [9.17, 15) is 17.6 Å². The van der Waals surface area contributed by atoms with Crippen LogP contribution in [0.3, 0.4) is 0 Å². The molecule has 0 aliphatic carbocycles. The first kappa shape index (κ1) is 23.5. The molecule has 1 amide bonds. The number of carbonyl (C=O) groups excluding carboxylic acids is 1. The van der Waals surface area contributed by atoms with Gasteiger partial charge in [-0.1, -0.05) is 30.3 Å². The van der Waals surface area contributed by atoms with Crippen LogP contribution in [0, 0.1) is 24.1 Å². The van der Waals surface area contributed by atoms with E-state index in [0.29, 0.717) is 35.7 Å². The second-order valence-electron chi connectivity index (χ2n) is 8.37. The van der Waals surface area contributed by atoms with Crippen LogP contribution in [0.25, 0.3) is 0 Å². The second kappa shape index (κ2) is 9.65. The quantitative estimate of drug-likeness (QED) is 0.570. The SMILES string of the molecule is Cc1ccc(C(=O)N2CCC(c3ccc(C#N)cc3)CC2)cc1NS(=O)(=O)c1ccccc1F. The molecule has 8 heteroatoms. The number of aryl methyl sites for hydroxylation is 1. The zero-order chi connectivity index (χ0) is 24.3. The number of amides is 1. The summed E-state index contributed by atoms with van der Waals surface area (Å²) in [6.45, 7) is 2.87. The summed E-state index contributed by atoms with van der Waals surface area (Å²) >= 11 is 0. The lowest BCUT2D eigenvalue weighted by molar-refractivity contribution is 0.0713. The molecule has 0 saturated carbocycles. The van der Waals surface area contributed by atoms with Crippen LogP contribution >= 0.6 is 0 Å². The summed E-state index contributed by atoms with van der Waals surface area (Å²) in [7, 11) is -4.15. The molecular formula is C26H24FN3O3S. The van der Waals surface area contributed by atoms with E-state index in [0.717, 1.165) is 24.5 Å². The Bertz CT molecular complexity index is 1360. The molecule has 1 aliphatic heterocycles. The minimum Gasteiger partial charge on any atom is -0.339 e. The Morgan fingerprint density at radius 1 is 1.06 bits per heavy atom. The van der Waals surface area contributed by atoms with Crippen molar-refractivity contribution >= 4 is 21.6 Å². The smallest absolute Gasteiger partial charge is 0.264 e. The van der Waals surface area contributed by atoms with Gasteiger partial charge in [-0.2, -0.15) is 5.26 Å². The van der Waals surface area contributed by atoms with E-state index < -0.39 is 20.7 Å². The van der Waals surface area contributed by atoms with Crippen LogP contribution in [-0.2, 0) is 10.0 Å². The van der Waals surface area contributed by atoms with E-state index in [1.165, 1.54) is 24.3 Å². The number of halogens is 1. The predicted molar refractivity (Wildman–Crippen MR) is 127 cm³/mol. The summed E-state index contributed by atoms with van der Waals surface area (Å²) < 4.78 is 41.9. The number of carbonyl (C=O) groups is 1. The fraction of sp³-hybridized carbons (Fsp3) is 0.231. The molecule has 1 heterocycles. The van der Waals surface area contributed by atoms with Crippen molar-refractivity contribution in [3.63, 3.8) is 0 Å². The zero-order valence-corrected chi connectivity index (χ0v) is 19.5. The second-order valence-corrected chi connectivity index (χ2v) is 10.0. The van der Waals surface area contributed by atoms with Gasteiger partial charge in [0.15, 0.2) is 0 Å². The Labute approximate surface area is 198 Å². The van der Waals surface area contributed by atoms with E-state index in [1.54, 1.807) is 24.0 Å². The fourth-order valence-electron chi connectivity index (χ4n) is 4.16. The van der Waals surface area contributed by atoms with Crippen LogP contribution in [0.15, 0.2) is 71.6 Å².